The molecule has 2 aliphatic carbocycles. The Morgan fingerprint density at radius 1 is 1.33 bits per heavy atom. The molecule has 2 aliphatic rings. The monoisotopic (exact) mass is 327 g/mol. The molecule has 1 N–H and O–H groups in total. The lowest BCUT2D eigenvalue weighted by molar-refractivity contribution is -0.123. The van der Waals surface area contributed by atoms with Crippen LogP contribution in [0, 0.1) is 0 Å². The number of carbonyl (C=O) groups is 1. The SMILES string of the molecule is CC(C)(C(=O)N[C@@H]1CCCc2sccc21)S(=O)(=O)C1CC1. The fraction of sp³-hybridized carbons (Fsp3) is 0.667. The number of hydrogen-bond donors (Lipinski definition) is 1. The van der Waals surface area contributed by atoms with Gasteiger partial charge in [0.05, 0.1) is 11.3 Å². The number of sulfone groups is 1. The molecule has 1 aromatic heterocycles. The van der Waals surface area contributed by atoms with E-state index in [4.69, 9.17) is 0 Å². The summed E-state index contributed by atoms with van der Waals surface area (Å²) in [6.07, 6.45) is 4.36. The molecule has 1 heterocycles. The second kappa shape index (κ2) is 5.09. The van der Waals surface area contributed by atoms with Gasteiger partial charge in [0.2, 0.25) is 5.91 Å². The van der Waals surface area contributed by atoms with Gasteiger partial charge in [-0.05, 0) is 63.0 Å². The van der Waals surface area contributed by atoms with Crippen molar-refractivity contribution in [3.8, 4) is 0 Å². The van der Waals surface area contributed by atoms with Crippen LogP contribution >= 0.6 is 11.3 Å². The maximum atomic E-state index is 12.6. The van der Waals surface area contributed by atoms with E-state index in [0.717, 1.165) is 19.3 Å². The lowest BCUT2D eigenvalue weighted by Gasteiger charge is -2.29. The fourth-order valence-electron chi connectivity index (χ4n) is 2.89. The summed E-state index contributed by atoms with van der Waals surface area (Å²) in [5.41, 5.74) is 1.17. The van der Waals surface area contributed by atoms with Crippen molar-refractivity contribution in [2.24, 2.45) is 0 Å². The van der Waals surface area contributed by atoms with E-state index >= 15 is 0 Å². The Balaban J connectivity index is 1.78. The highest BCUT2D eigenvalue weighted by Gasteiger charge is 2.50. The van der Waals surface area contributed by atoms with Crippen molar-refractivity contribution in [3.05, 3.63) is 21.9 Å². The third-order valence-corrected chi connectivity index (χ3v) is 8.53. The lowest BCUT2D eigenvalue weighted by Crippen LogP contribution is -2.50. The molecular formula is C15H21NO3S2. The molecule has 1 fully saturated rings. The first-order chi connectivity index (χ1) is 9.84. The van der Waals surface area contributed by atoms with E-state index in [9.17, 15) is 13.2 Å². The number of rotatable bonds is 4. The summed E-state index contributed by atoms with van der Waals surface area (Å²) in [4.78, 5) is 13.9. The zero-order valence-electron chi connectivity index (χ0n) is 12.4. The zero-order chi connectivity index (χ0) is 15.3. The van der Waals surface area contributed by atoms with Crippen molar-refractivity contribution in [1.82, 2.24) is 5.32 Å². The highest BCUT2D eigenvalue weighted by atomic mass is 32.2. The van der Waals surface area contributed by atoms with Crippen LogP contribution in [0.3, 0.4) is 0 Å². The maximum Gasteiger partial charge on any atom is 0.241 e. The third-order valence-electron chi connectivity index (χ3n) is 4.58. The van der Waals surface area contributed by atoms with E-state index in [1.807, 2.05) is 11.4 Å². The molecule has 0 aromatic carbocycles. The van der Waals surface area contributed by atoms with Crippen LogP contribution in [-0.2, 0) is 21.1 Å². The molecule has 1 aromatic rings. The highest BCUT2D eigenvalue weighted by Crippen LogP contribution is 2.38. The Bertz CT molecular complexity index is 656. The molecule has 0 spiro atoms. The summed E-state index contributed by atoms with van der Waals surface area (Å²) in [5, 5.41) is 4.70. The molecule has 0 bridgehead atoms. The van der Waals surface area contributed by atoms with Gasteiger partial charge in [0.25, 0.3) is 0 Å². The van der Waals surface area contributed by atoms with Crippen molar-refractivity contribution in [3.63, 3.8) is 0 Å². The molecule has 0 aliphatic heterocycles. The van der Waals surface area contributed by atoms with Gasteiger partial charge in [0.15, 0.2) is 9.84 Å². The van der Waals surface area contributed by atoms with E-state index in [1.165, 1.54) is 24.3 Å². The van der Waals surface area contributed by atoms with Crippen molar-refractivity contribution < 1.29 is 13.2 Å². The molecule has 1 saturated carbocycles. The molecule has 1 amide bonds. The molecule has 21 heavy (non-hydrogen) atoms. The van der Waals surface area contributed by atoms with Gasteiger partial charge in [-0.3, -0.25) is 4.79 Å². The second-order valence-corrected chi connectivity index (χ2v) is 10.3. The van der Waals surface area contributed by atoms with Crippen molar-refractivity contribution in [1.29, 1.82) is 0 Å². The summed E-state index contributed by atoms with van der Waals surface area (Å²) in [6, 6.07) is 2.01. The fourth-order valence-corrected chi connectivity index (χ4v) is 5.79. The first kappa shape index (κ1) is 15.0. The first-order valence-electron chi connectivity index (χ1n) is 7.44. The smallest absolute Gasteiger partial charge is 0.241 e. The average Bonchev–Trinajstić information content (AvgIpc) is 3.18. The van der Waals surface area contributed by atoms with Gasteiger partial charge in [-0.1, -0.05) is 0 Å². The number of fused-ring (bicyclic) bond motifs is 1. The van der Waals surface area contributed by atoms with Gasteiger partial charge in [-0.25, -0.2) is 8.42 Å². The van der Waals surface area contributed by atoms with Crippen LogP contribution in [0.1, 0.15) is 56.0 Å². The van der Waals surface area contributed by atoms with E-state index in [1.54, 1.807) is 11.3 Å². The van der Waals surface area contributed by atoms with Gasteiger partial charge in [-0.15, -0.1) is 11.3 Å². The number of hydrogen-bond acceptors (Lipinski definition) is 4. The van der Waals surface area contributed by atoms with Crippen molar-refractivity contribution >= 4 is 27.1 Å². The van der Waals surface area contributed by atoms with Gasteiger partial charge in [0.1, 0.15) is 4.75 Å². The van der Waals surface area contributed by atoms with Crippen molar-refractivity contribution in [2.45, 2.75) is 62.0 Å². The second-order valence-electron chi connectivity index (χ2n) is 6.47. The van der Waals surface area contributed by atoms with E-state index in [-0.39, 0.29) is 17.2 Å². The third kappa shape index (κ3) is 2.52. The molecule has 0 unspecified atom stereocenters. The standard InChI is InChI=1S/C15H21NO3S2/c1-15(2,21(18,19)10-6-7-10)14(17)16-12-4-3-5-13-11(12)8-9-20-13/h8-10,12H,3-7H2,1-2H3,(H,16,17)/t12-/m1/s1. The van der Waals surface area contributed by atoms with Crippen LogP contribution in [0.25, 0.3) is 0 Å². The van der Waals surface area contributed by atoms with Crippen LogP contribution in [0.4, 0.5) is 0 Å². The Morgan fingerprint density at radius 2 is 2.05 bits per heavy atom. The number of thiophene rings is 1. The van der Waals surface area contributed by atoms with Gasteiger partial charge >= 0.3 is 0 Å². The predicted octanol–water partition coefficient (Wildman–Crippen LogP) is 2.60. The number of aryl methyl sites for hydroxylation is 1. The molecule has 116 valence electrons. The minimum Gasteiger partial charge on any atom is -0.348 e. The minimum atomic E-state index is -3.39. The van der Waals surface area contributed by atoms with E-state index in [2.05, 4.69) is 5.32 Å². The number of carbonyl (C=O) groups excluding carboxylic acids is 1. The Labute approximate surface area is 129 Å². The maximum absolute atomic E-state index is 12.6. The van der Waals surface area contributed by atoms with Crippen LogP contribution < -0.4 is 5.32 Å². The van der Waals surface area contributed by atoms with E-state index < -0.39 is 14.6 Å². The zero-order valence-corrected chi connectivity index (χ0v) is 14.0. The van der Waals surface area contributed by atoms with E-state index in [0.29, 0.717) is 12.8 Å². The Kier molecular flexibility index (Phi) is 3.64. The van der Waals surface area contributed by atoms with Crippen LogP contribution in [-0.4, -0.2) is 24.3 Å². The lowest BCUT2D eigenvalue weighted by atomic mass is 9.93. The number of nitrogens with one attached hydrogen (secondary N) is 1. The molecule has 4 nitrogen and oxygen atoms in total. The summed E-state index contributed by atoms with van der Waals surface area (Å²) in [7, 11) is -3.39. The Hall–Kier alpha value is -0.880. The first-order valence-corrected chi connectivity index (χ1v) is 9.87. The summed E-state index contributed by atoms with van der Waals surface area (Å²) in [5.74, 6) is -0.363. The molecule has 3 rings (SSSR count). The Morgan fingerprint density at radius 3 is 2.71 bits per heavy atom. The molecule has 1 atom stereocenters. The van der Waals surface area contributed by atoms with Crippen LogP contribution in [0.5, 0.6) is 0 Å². The summed E-state index contributed by atoms with van der Waals surface area (Å²) >= 11 is 1.71. The predicted molar refractivity (Wildman–Crippen MR) is 84.2 cm³/mol. The van der Waals surface area contributed by atoms with Crippen molar-refractivity contribution in [2.75, 3.05) is 0 Å². The van der Waals surface area contributed by atoms with Gasteiger partial charge < -0.3 is 5.32 Å². The number of amides is 1. The van der Waals surface area contributed by atoms with Gasteiger partial charge in [-0.2, -0.15) is 0 Å². The highest BCUT2D eigenvalue weighted by molar-refractivity contribution is 7.94. The summed E-state index contributed by atoms with van der Waals surface area (Å²) < 4.78 is 23.5. The van der Waals surface area contributed by atoms with Crippen LogP contribution in [0.2, 0.25) is 0 Å². The largest absolute Gasteiger partial charge is 0.348 e. The van der Waals surface area contributed by atoms with Gasteiger partial charge in [0, 0.05) is 4.88 Å². The molecular weight excluding hydrogens is 306 g/mol. The molecule has 0 radical (unpaired) electrons. The minimum absolute atomic E-state index is 0.0406. The average molecular weight is 327 g/mol. The normalized spacial score (nSPS) is 22.7. The topological polar surface area (TPSA) is 63.2 Å². The summed E-state index contributed by atoms with van der Waals surface area (Å²) in [6.45, 7) is 3.07. The van der Waals surface area contributed by atoms with Crippen LogP contribution in [0.15, 0.2) is 11.4 Å². The molecule has 0 saturated heterocycles. The molecule has 6 heteroatoms. The quantitative estimate of drug-likeness (QED) is 0.924.